The summed E-state index contributed by atoms with van der Waals surface area (Å²) in [7, 11) is 1.53. The molecule has 4 aromatic rings. The summed E-state index contributed by atoms with van der Waals surface area (Å²) in [4.78, 5) is 18.7. The topological polar surface area (TPSA) is 57.4 Å². The van der Waals surface area contributed by atoms with E-state index in [1.807, 2.05) is 18.2 Å². The zero-order valence-corrected chi connectivity index (χ0v) is 19.2. The number of aromatic amines is 1. The third kappa shape index (κ3) is 4.01. The molecule has 0 aliphatic carbocycles. The molecule has 168 valence electrons. The van der Waals surface area contributed by atoms with Crippen LogP contribution in [-0.2, 0) is 6.42 Å². The van der Waals surface area contributed by atoms with Crippen LogP contribution in [0.25, 0.3) is 10.9 Å². The van der Waals surface area contributed by atoms with Crippen LogP contribution in [0.4, 0.5) is 14.9 Å². The normalized spacial score (nSPS) is 15.4. The van der Waals surface area contributed by atoms with Gasteiger partial charge in [0.05, 0.1) is 18.8 Å². The largest absolute Gasteiger partial charge is 0.495 e. The number of anilines is 1. The summed E-state index contributed by atoms with van der Waals surface area (Å²) in [6.07, 6.45) is 0.646. The maximum Gasteiger partial charge on any atom is 0.322 e. The van der Waals surface area contributed by atoms with Crippen molar-refractivity contribution in [3.63, 3.8) is 0 Å². The van der Waals surface area contributed by atoms with Gasteiger partial charge in [0.1, 0.15) is 11.6 Å². The fourth-order valence-electron chi connectivity index (χ4n) is 4.44. The van der Waals surface area contributed by atoms with Crippen molar-refractivity contribution in [2.75, 3.05) is 19.0 Å². The SMILES string of the molecule is COc1ccc(Cl)cc1NC(=O)N1CCc2c([nH]c3ccc(Cl)cc23)[C@H]1c1ccc(F)cc1. The second kappa shape index (κ2) is 8.61. The summed E-state index contributed by atoms with van der Waals surface area (Å²) in [6.45, 7) is 0.462. The molecule has 8 heteroatoms. The van der Waals surface area contributed by atoms with Crippen LogP contribution < -0.4 is 10.1 Å². The summed E-state index contributed by atoms with van der Waals surface area (Å²) in [5.74, 6) is 0.168. The number of benzene rings is 3. The number of nitrogens with zero attached hydrogens (tertiary/aromatic N) is 1. The summed E-state index contributed by atoms with van der Waals surface area (Å²) < 4.78 is 19.1. The Morgan fingerprint density at radius 1 is 1.09 bits per heavy atom. The lowest BCUT2D eigenvalue weighted by Crippen LogP contribution is -2.43. The van der Waals surface area contributed by atoms with Crippen molar-refractivity contribution in [2.45, 2.75) is 12.5 Å². The number of aromatic nitrogens is 1. The van der Waals surface area contributed by atoms with E-state index >= 15 is 0 Å². The molecule has 33 heavy (non-hydrogen) atoms. The second-order valence-corrected chi connectivity index (χ2v) is 8.75. The monoisotopic (exact) mass is 483 g/mol. The van der Waals surface area contributed by atoms with E-state index in [9.17, 15) is 9.18 Å². The Morgan fingerprint density at radius 2 is 1.82 bits per heavy atom. The Hall–Kier alpha value is -3.22. The smallest absolute Gasteiger partial charge is 0.322 e. The molecule has 0 fully saturated rings. The van der Waals surface area contributed by atoms with Gasteiger partial charge >= 0.3 is 6.03 Å². The van der Waals surface area contributed by atoms with E-state index < -0.39 is 6.04 Å². The lowest BCUT2D eigenvalue weighted by atomic mass is 9.92. The number of nitrogens with one attached hydrogen (secondary N) is 2. The highest BCUT2D eigenvalue weighted by Gasteiger charge is 2.35. The van der Waals surface area contributed by atoms with Crippen LogP contribution in [0.3, 0.4) is 0 Å². The van der Waals surface area contributed by atoms with Gasteiger partial charge in [0.25, 0.3) is 0 Å². The first-order valence-electron chi connectivity index (χ1n) is 10.4. The molecule has 0 spiro atoms. The fourth-order valence-corrected chi connectivity index (χ4v) is 4.78. The number of carbonyl (C=O) groups is 1. The third-order valence-electron chi connectivity index (χ3n) is 5.94. The first-order chi connectivity index (χ1) is 15.9. The van der Waals surface area contributed by atoms with Crippen LogP contribution in [-0.4, -0.2) is 29.6 Å². The molecule has 5 nitrogen and oxygen atoms in total. The zero-order chi connectivity index (χ0) is 23.1. The Bertz CT molecular complexity index is 1350. The van der Waals surface area contributed by atoms with Crippen LogP contribution in [0.5, 0.6) is 5.75 Å². The summed E-state index contributed by atoms with van der Waals surface area (Å²) in [5, 5.41) is 5.08. The highest BCUT2D eigenvalue weighted by Crippen LogP contribution is 2.40. The zero-order valence-electron chi connectivity index (χ0n) is 17.7. The number of ether oxygens (including phenoxy) is 1. The molecule has 2 amide bonds. The van der Waals surface area contributed by atoms with E-state index in [1.54, 1.807) is 35.2 Å². The van der Waals surface area contributed by atoms with E-state index in [-0.39, 0.29) is 11.8 Å². The minimum atomic E-state index is -0.439. The van der Waals surface area contributed by atoms with Crippen LogP contribution >= 0.6 is 23.2 Å². The number of carbonyl (C=O) groups excluding carboxylic acids is 1. The number of halogens is 3. The lowest BCUT2D eigenvalue weighted by Gasteiger charge is -2.36. The van der Waals surface area contributed by atoms with Gasteiger partial charge in [0.2, 0.25) is 0 Å². The molecule has 3 aromatic carbocycles. The molecule has 0 unspecified atom stereocenters. The minimum absolute atomic E-state index is 0.313. The molecule has 0 radical (unpaired) electrons. The molecular weight excluding hydrogens is 464 g/mol. The third-order valence-corrected chi connectivity index (χ3v) is 6.41. The standard InChI is InChI=1S/C25H20Cl2FN3O2/c1-33-22-9-5-16(27)13-21(22)30-25(32)31-11-10-18-19-12-15(26)4-8-20(19)29-23(18)24(31)14-2-6-17(28)7-3-14/h2-9,12-13,24,29H,10-11H2,1H3,(H,30,32)/t24-/m1/s1. The number of methoxy groups -OCH3 is 1. The predicted octanol–water partition coefficient (Wildman–Crippen LogP) is 6.80. The van der Waals surface area contributed by atoms with Gasteiger partial charge in [-0.3, -0.25) is 0 Å². The minimum Gasteiger partial charge on any atom is -0.495 e. The van der Waals surface area contributed by atoms with Crippen LogP contribution in [0.1, 0.15) is 22.9 Å². The van der Waals surface area contributed by atoms with Crippen molar-refractivity contribution >= 4 is 45.8 Å². The van der Waals surface area contributed by atoms with Gasteiger partial charge in [-0.25, -0.2) is 9.18 Å². The molecule has 1 atom stereocenters. The van der Waals surface area contributed by atoms with E-state index in [0.29, 0.717) is 34.4 Å². The number of hydrogen-bond donors (Lipinski definition) is 2. The van der Waals surface area contributed by atoms with Crippen molar-refractivity contribution in [2.24, 2.45) is 0 Å². The number of hydrogen-bond acceptors (Lipinski definition) is 2. The molecule has 2 heterocycles. The highest BCUT2D eigenvalue weighted by atomic mass is 35.5. The average molecular weight is 484 g/mol. The maximum atomic E-state index is 13.7. The fraction of sp³-hybridized carbons (Fsp3) is 0.160. The molecular formula is C25H20Cl2FN3O2. The van der Waals surface area contributed by atoms with E-state index in [4.69, 9.17) is 27.9 Å². The van der Waals surface area contributed by atoms with Gasteiger partial charge in [-0.05, 0) is 66.1 Å². The van der Waals surface area contributed by atoms with Gasteiger partial charge in [-0.1, -0.05) is 35.3 Å². The summed E-state index contributed by atoms with van der Waals surface area (Å²) in [5.41, 5.74) is 4.20. The molecule has 1 aliphatic heterocycles. The Balaban J connectivity index is 1.58. The maximum absolute atomic E-state index is 13.7. The number of amides is 2. The number of fused-ring (bicyclic) bond motifs is 3. The van der Waals surface area contributed by atoms with Crippen LogP contribution in [0.2, 0.25) is 10.0 Å². The Morgan fingerprint density at radius 3 is 2.58 bits per heavy atom. The van der Waals surface area contributed by atoms with Crippen molar-refractivity contribution < 1.29 is 13.9 Å². The van der Waals surface area contributed by atoms with Crippen molar-refractivity contribution in [3.05, 3.63) is 93.3 Å². The molecule has 1 aromatic heterocycles. The van der Waals surface area contributed by atoms with Crippen molar-refractivity contribution in [1.82, 2.24) is 9.88 Å². The Labute approximate surface area is 200 Å². The predicted molar refractivity (Wildman–Crippen MR) is 129 cm³/mol. The first-order valence-corrected chi connectivity index (χ1v) is 11.2. The number of rotatable bonds is 3. The van der Waals surface area contributed by atoms with Gasteiger partial charge in [-0.15, -0.1) is 0 Å². The van der Waals surface area contributed by atoms with E-state index in [1.165, 1.54) is 19.2 Å². The van der Waals surface area contributed by atoms with Gasteiger partial charge < -0.3 is 19.9 Å². The summed E-state index contributed by atoms with van der Waals surface area (Å²) >= 11 is 12.4. The van der Waals surface area contributed by atoms with Crippen molar-refractivity contribution in [1.29, 1.82) is 0 Å². The van der Waals surface area contributed by atoms with E-state index in [0.717, 1.165) is 27.7 Å². The van der Waals surface area contributed by atoms with Crippen LogP contribution in [0, 0.1) is 5.82 Å². The average Bonchev–Trinajstić information content (AvgIpc) is 3.17. The number of urea groups is 1. The van der Waals surface area contributed by atoms with E-state index in [2.05, 4.69) is 10.3 Å². The second-order valence-electron chi connectivity index (χ2n) is 7.88. The quantitative estimate of drug-likeness (QED) is 0.336. The number of H-pyrrole nitrogens is 1. The summed E-state index contributed by atoms with van der Waals surface area (Å²) in [6, 6.07) is 16.2. The molecule has 5 rings (SSSR count). The highest BCUT2D eigenvalue weighted by molar-refractivity contribution is 6.31. The molecule has 0 saturated carbocycles. The van der Waals surface area contributed by atoms with Crippen molar-refractivity contribution in [3.8, 4) is 5.75 Å². The molecule has 1 aliphatic rings. The van der Waals surface area contributed by atoms with Gasteiger partial charge in [-0.2, -0.15) is 0 Å². The van der Waals surface area contributed by atoms with Crippen LogP contribution in [0.15, 0.2) is 60.7 Å². The molecule has 0 saturated heterocycles. The lowest BCUT2D eigenvalue weighted by molar-refractivity contribution is 0.193. The first kappa shape index (κ1) is 21.6. The Kier molecular flexibility index (Phi) is 5.64. The molecule has 2 N–H and O–H groups in total. The van der Waals surface area contributed by atoms with Gasteiger partial charge in [0.15, 0.2) is 0 Å². The van der Waals surface area contributed by atoms with Gasteiger partial charge in [0, 0.05) is 33.2 Å². The molecule has 0 bridgehead atoms.